The summed E-state index contributed by atoms with van der Waals surface area (Å²) >= 11 is 6.16. The van der Waals surface area contributed by atoms with Crippen molar-refractivity contribution in [2.45, 2.75) is 6.42 Å². The number of hydrogen-bond acceptors (Lipinski definition) is 6. The van der Waals surface area contributed by atoms with Gasteiger partial charge >= 0.3 is 5.97 Å². The van der Waals surface area contributed by atoms with E-state index in [1.165, 1.54) is 18.1 Å². The number of rotatable bonds is 4. The Kier molecular flexibility index (Phi) is 4.62. The van der Waals surface area contributed by atoms with Crippen LogP contribution in [0.3, 0.4) is 0 Å². The minimum atomic E-state index is -1.20. The Hall–Kier alpha value is -3.52. The molecular weight excluding hydrogens is 382 g/mol. The Labute approximate surface area is 164 Å². The van der Waals surface area contributed by atoms with Crippen molar-refractivity contribution in [1.82, 2.24) is 15.0 Å². The molecule has 4 rings (SSSR count). The van der Waals surface area contributed by atoms with Crippen LogP contribution in [0.15, 0.2) is 48.9 Å². The van der Waals surface area contributed by atoms with Gasteiger partial charge in [-0.15, -0.1) is 0 Å². The lowest BCUT2D eigenvalue weighted by Crippen LogP contribution is -2.16. The van der Waals surface area contributed by atoms with Crippen molar-refractivity contribution in [1.29, 1.82) is 0 Å². The van der Waals surface area contributed by atoms with Gasteiger partial charge in [-0.25, -0.2) is 19.7 Å². The van der Waals surface area contributed by atoms with Crippen LogP contribution >= 0.6 is 11.6 Å². The number of halogens is 1. The molecule has 1 amide bonds. The van der Waals surface area contributed by atoms with Gasteiger partial charge < -0.3 is 15.3 Å². The number of hydrogen-bond donors (Lipinski definition) is 2. The molecule has 0 fully saturated rings. The molecule has 0 unspecified atom stereocenters. The standard InChI is InChI=1S/C19H14ClN5O3/c20-12-2-1-11-5-6-25(15(11)7-12)19-13-8-16(21-9-14(13)22-10-23-19)24-17(26)3-4-18(27)28/h1-4,7-10H,5-6H2,(H,27,28)(H,21,24,26). The average molecular weight is 396 g/mol. The maximum Gasteiger partial charge on any atom is 0.328 e. The van der Waals surface area contributed by atoms with Crippen LogP contribution < -0.4 is 10.2 Å². The Bertz CT molecular complexity index is 1130. The van der Waals surface area contributed by atoms with Crippen LogP contribution in [0.4, 0.5) is 17.3 Å². The zero-order valence-electron chi connectivity index (χ0n) is 14.5. The molecule has 0 radical (unpaired) electrons. The second-order valence-electron chi connectivity index (χ2n) is 6.12. The summed E-state index contributed by atoms with van der Waals surface area (Å²) < 4.78 is 0. The number of pyridine rings is 1. The van der Waals surface area contributed by atoms with Crippen molar-refractivity contribution in [3.8, 4) is 0 Å². The van der Waals surface area contributed by atoms with E-state index in [0.717, 1.165) is 30.8 Å². The lowest BCUT2D eigenvalue weighted by Gasteiger charge is -2.20. The second kappa shape index (κ2) is 7.24. The van der Waals surface area contributed by atoms with Crippen LogP contribution in [0.25, 0.3) is 10.9 Å². The third kappa shape index (κ3) is 3.49. The van der Waals surface area contributed by atoms with Gasteiger partial charge in [0.1, 0.15) is 18.0 Å². The average Bonchev–Trinajstić information content (AvgIpc) is 3.08. The number of fused-ring (bicyclic) bond motifs is 2. The fourth-order valence-electron chi connectivity index (χ4n) is 3.12. The minimum Gasteiger partial charge on any atom is -0.478 e. The second-order valence-corrected chi connectivity index (χ2v) is 6.56. The molecule has 3 heterocycles. The van der Waals surface area contributed by atoms with Gasteiger partial charge in [-0.05, 0) is 30.2 Å². The largest absolute Gasteiger partial charge is 0.478 e. The van der Waals surface area contributed by atoms with Gasteiger partial charge in [0.15, 0.2) is 0 Å². The zero-order chi connectivity index (χ0) is 19.7. The molecule has 1 aromatic carbocycles. The van der Waals surface area contributed by atoms with E-state index in [9.17, 15) is 9.59 Å². The van der Waals surface area contributed by atoms with E-state index in [4.69, 9.17) is 16.7 Å². The third-order valence-electron chi connectivity index (χ3n) is 4.33. The first kappa shape index (κ1) is 17.9. The summed E-state index contributed by atoms with van der Waals surface area (Å²) in [5, 5.41) is 12.5. The lowest BCUT2D eigenvalue weighted by molar-refractivity contribution is -0.131. The molecular formula is C19H14ClN5O3. The van der Waals surface area contributed by atoms with Crippen LogP contribution in [0.5, 0.6) is 0 Å². The third-order valence-corrected chi connectivity index (χ3v) is 4.56. The van der Waals surface area contributed by atoms with Gasteiger partial charge in [-0.3, -0.25) is 4.79 Å². The number of carboxylic acid groups (broad SMARTS) is 1. The van der Waals surface area contributed by atoms with Crippen molar-refractivity contribution in [3.05, 3.63) is 59.5 Å². The molecule has 28 heavy (non-hydrogen) atoms. The van der Waals surface area contributed by atoms with Crippen LogP contribution in [-0.4, -0.2) is 38.5 Å². The summed E-state index contributed by atoms with van der Waals surface area (Å²) in [5.41, 5.74) is 2.79. The molecule has 2 N–H and O–H groups in total. The van der Waals surface area contributed by atoms with E-state index < -0.39 is 11.9 Å². The first-order chi connectivity index (χ1) is 13.5. The molecule has 140 valence electrons. The van der Waals surface area contributed by atoms with Crippen molar-refractivity contribution in [3.63, 3.8) is 0 Å². The van der Waals surface area contributed by atoms with E-state index in [1.807, 2.05) is 18.2 Å². The Morgan fingerprint density at radius 3 is 2.86 bits per heavy atom. The van der Waals surface area contributed by atoms with E-state index in [2.05, 4.69) is 25.2 Å². The summed E-state index contributed by atoms with van der Waals surface area (Å²) in [6.07, 6.45) is 5.56. The fourth-order valence-corrected chi connectivity index (χ4v) is 3.28. The Morgan fingerprint density at radius 1 is 1.18 bits per heavy atom. The summed E-state index contributed by atoms with van der Waals surface area (Å²) in [4.78, 5) is 37.3. The number of aromatic nitrogens is 3. The highest BCUT2D eigenvalue weighted by molar-refractivity contribution is 6.31. The van der Waals surface area contributed by atoms with Gasteiger partial charge in [0.2, 0.25) is 5.91 Å². The highest BCUT2D eigenvalue weighted by Crippen LogP contribution is 2.38. The molecule has 2 aromatic heterocycles. The number of nitrogens with zero attached hydrogens (tertiary/aromatic N) is 4. The fraction of sp³-hybridized carbons (Fsp3) is 0.105. The molecule has 0 aliphatic carbocycles. The minimum absolute atomic E-state index is 0.272. The summed E-state index contributed by atoms with van der Waals surface area (Å²) in [7, 11) is 0. The van der Waals surface area contributed by atoms with Crippen LogP contribution in [0.2, 0.25) is 5.02 Å². The van der Waals surface area contributed by atoms with Crippen LogP contribution in [-0.2, 0) is 16.0 Å². The molecule has 0 spiro atoms. The number of amides is 1. The van der Waals surface area contributed by atoms with Gasteiger partial charge in [0.05, 0.1) is 11.7 Å². The highest BCUT2D eigenvalue weighted by Gasteiger charge is 2.23. The topological polar surface area (TPSA) is 108 Å². The summed E-state index contributed by atoms with van der Waals surface area (Å²) in [5.74, 6) is -0.839. The lowest BCUT2D eigenvalue weighted by atomic mass is 10.2. The predicted octanol–water partition coefficient (Wildman–Crippen LogP) is 2.95. The SMILES string of the molecule is O=C(O)C=CC(=O)Nc1cc2c(N3CCc4ccc(Cl)cc43)ncnc2cn1. The highest BCUT2D eigenvalue weighted by atomic mass is 35.5. The normalized spacial score (nSPS) is 13.1. The maximum atomic E-state index is 11.8. The Morgan fingerprint density at radius 2 is 2.04 bits per heavy atom. The van der Waals surface area contributed by atoms with Gasteiger partial charge in [-0.2, -0.15) is 0 Å². The number of anilines is 3. The summed E-state index contributed by atoms with van der Waals surface area (Å²) in [6.45, 7) is 0.743. The molecule has 9 heteroatoms. The number of nitrogens with one attached hydrogen (secondary N) is 1. The van der Waals surface area contributed by atoms with E-state index in [0.29, 0.717) is 21.7 Å². The number of carboxylic acids is 1. The van der Waals surface area contributed by atoms with E-state index in [-0.39, 0.29) is 5.82 Å². The van der Waals surface area contributed by atoms with E-state index in [1.54, 1.807) is 6.07 Å². The maximum absolute atomic E-state index is 11.8. The number of carbonyl (C=O) groups is 2. The number of aliphatic carboxylic acids is 1. The van der Waals surface area contributed by atoms with Crippen LogP contribution in [0.1, 0.15) is 5.56 Å². The quantitative estimate of drug-likeness (QED) is 0.653. The van der Waals surface area contributed by atoms with Crippen molar-refractivity contribution < 1.29 is 14.7 Å². The van der Waals surface area contributed by atoms with Crippen molar-refractivity contribution >= 4 is 51.7 Å². The monoisotopic (exact) mass is 395 g/mol. The zero-order valence-corrected chi connectivity index (χ0v) is 15.2. The first-order valence-electron chi connectivity index (χ1n) is 8.40. The van der Waals surface area contributed by atoms with Gasteiger partial charge in [0, 0.05) is 34.8 Å². The molecule has 0 atom stereocenters. The molecule has 8 nitrogen and oxygen atoms in total. The van der Waals surface area contributed by atoms with E-state index >= 15 is 0 Å². The van der Waals surface area contributed by atoms with Gasteiger partial charge in [-0.1, -0.05) is 17.7 Å². The van der Waals surface area contributed by atoms with Gasteiger partial charge in [0.25, 0.3) is 0 Å². The van der Waals surface area contributed by atoms with Crippen molar-refractivity contribution in [2.24, 2.45) is 0 Å². The molecule has 1 aliphatic rings. The number of carbonyl (C=O) groups excluding carboxylic acids is 1. The molecule has 3 aromatic rings. The molecule has 0 saturated carbocycles. The first-order valence-corrected chi connectivity index (χ1v) is 8.78. The molecule has 1 aliphatic heterocycles. The predicted molar refractivity (Wildman–Crippen MR) is 105 cm³/mol. The smallest absolute Gasteiger partial charge is 0.328 e. The number of benzene rings is 1. The molecule has 0 bridgehead atoms. The molecule has 0 saturated heterocycles. The van der Waals surface area contributed by atoms with Crippen LogP contribution in [0, 0.1) is 0 Å². The summed E-state index contributed by atoms with van der Waals surface area (Å²) in [6, 6.07) is 7.44. The Balaban J connectivity index is 1.72. The van der Waals surface area contributed by atoms with Crippen molar-refractivity contribution in [2.75, 3.05) is 16.8 Å².